The zero-order valence-corrected chi connectivity index (χ0v) is 17.9. The number of halogens is 1. The molecule has 0 unspecified atom stereocenters. The molecule has 3 rings (SSSR count). The molecule has 1 aliphatic rings. The van der Waals surface area contributed by atoms with E-state index in [2.05, 4.69) is 5.32 Å². The van der Waals surface area contributed by atoms with Crippen molar-refractivity contribution in [2.75, 3.05) is 19.7 Å². The predicted molar refractivity (Wildman–Crippen MR) is 112 cm³/mol. The van der Waals surface area contributed by atoms with Crippen LogP contribution in [0, 0.1) is 5.92 Å². The topological polar surface area (TPSA) is 75.7 Å². The van der Waals surface area contributed by atoms with Crippen LogP contribution in [-0.4, -0.2) is 38.3 Å². The van der Waals surface area contributed by atoms with E-state index in [9.17, 15) is 13.2 Å². The number of carbonyl (C=O) groups is 1. The Hall–Kier alpha value is -2.09. The van der Waals surface area contributed by atoms with Crippen molar-refractivity contribution in [3.8, 4) is 5.75 Å². The lowest BCUT2D eigenvalue weighted by Gasteiger charge is -2.30. The number of hydrogen-bond donors (Lipinski definition) is 1. The first-order chi connectivity index (χ1) is 13.9. The van der Waals surface area contributed by atoms with Crippen molar-refractivity contribution in [2.24, 2.45) is 5.92 Å². The van der Waals surface area contributed by atoms with Gasteiger partial charge in [0.1, 0.15) is 5.75 Å². The van der Waals surface area contributed by atoms with Crippen LogP contribution in [0.2, 0.25) is 5.02 Å². The number of piperidine rings is 1. The van der Waals surface area contributed by atoms with Gasteiger partial charge >= 0.3 is 0 Å². The van der Waals surface area contributed by atoms with Crippen LogP contribution in [0.4, 0.5) is 0 Å². The molecular weight excluding hydrogens is 412 g/mol. The third-order valence-electron chi connectivity index (χ3n) is 5.00. The Bertz CT molecular complexity index is 939. The van der Waals surface area contributed by atoms with E-state index >= 15 is 0 Å². The SMILES string of the molecule is CCOc1ccccc1CNC(=O)C1CCN(S(=O)(=O)c2ccc(Cl)cc2)CC1. The fourth-order valence-electron chi connectivity index (χ4n) is 3.39. The molecule has 2 aromatic carbocycles. The molecule has 0 saturated carbocycles. The van der Waals surface area contributed by atoms with Gasteiger partial charge in [-0.3, -0.25) is 4.79 Å². The molecule has 8 heteroatoms. The standard InChI is InChI=1S/C21H25ClN2O4S/c1-2-28-20-6-4-3-5-17(20)15-23-21(25)16-11-13-24(14-12-16)29(26,27)19-9-7-18(22)8-10-19/h3-10,16H,2,11-15H2,1H3,(H,23,25). The molecule has 1 N–H and O–H groups in total. The Balaban J connectivity index is 1.55. The first-order valence-corrected chi connectivity index (χ1v) is 11.5. The van der Waals surface area contributed by atoms with E-state index in [0.29, 0.717) is 44.1 Å². The van der Waals surface area contributed by atoms with Crippen molar-refractivity contribution < 1.29 is 17.9 Å². The molecule has 0 atom stereocenters. The molecule has 1 aliphatic heterocycles. The quantitative estimate of drug-likeness (QED) is 0.721. The Labute approximate surface area is 176 Å². The number of hydrogen-bond acceptors (Lipinski definition) is 4. The van der Waals surface area contributed by atoms with Crippen LogP contribution < -0.4 is 10.1 Å². The maximum absolute atomic E-state index is 12.8. The van der Waals surface area contributed by atoms with Crippen molar-refractivity contribution in [1.29, 1.82) is 0 Å². The summed E-state index contributed by atoms with van der Waals surface area (Å²) in [5.74, 6) is 0.505. The third kappa shape index (κ3) is 5.29. The van der Waals surface area contributed by atoms with E-state index in [4.69, 9.17) is 16.3 Å². The highest BCUT2D eigenvalue weighted by Gasteiger charge is 2.32. The average molecular weight is 437 g/mol. The number of carbonyl (C=O) groups excluding carboxylic acids is 1. The van der Waals surface area contributed by atoms with Gasteiger partial charge in [-0.1, -0.05) is 29.8 Å². The highest BCUT2D eigenvalue weighted by molar-refractivity contribution is 7.89. The number of benzene rings is 2. The van der Waals surface area contributed by atoms with Crippen LogP contribution in [0.3, 0.4) is 0 Å². The summed E-state index contributed by atoms with van der Waals surface area (Å²) in [5.41, 5.74) is 0.922. The number of nitrogens with zero attached hydrogens (tertiary/aromatic N) is 1. The molecular formula is C21H25ClN2O4S. The van der Waals surface area contributed by atoms with Crippen molar-refractivity contribution in [1.82, 2.24) is 9.62 Å². The van der Waals surface area contributed by atoms with Crippen LogP contribution in [0.25, 0.3) is 0 Å². The second kappa shape index (κ2) is 9.61. The molecule has 0 spiro atoms. The fourth-order valence-corrected chi connectivity index (χ4v) is 4.98. The summed E-state index contributed by atoms with van der Waals surface area (Å²) in [7, 11) is -3.57. The maximum Gasteiger partial charge on any atom is 0.243 e. The molecule has 1 saturated heterocycles. The molecule has 1 heterocycles. The van der Waals surface area contributed by atoms with Crippen molar-refractivity contribution in [3.05, 3.63) is 59.1 Å². The highest BCUT2D eigenvalue weighted by atomic mass is 35.5. The number of sulfonamides is 1. The van der Waals surface area contributed by atoms with Crippen molar-refractivity contribution >= 4 is 27.5 Å². The van der Waals surface area contributed by atoms with Crippen LogP contribution in [-0.2, 0) is 21.4 Å². The molecule has 156 valence electrons. The summed E-state index contributed by atoms with van der Waals surface area (Å²) in [6.07, 6.45) is 0.984. The first-order valence-electron chi connectivity index (χ1n) is 9.66. The summed E-state index contributed by atoms with van der Waals surface area (Å²) in [6, 6.07) is 13.7. The normalized spacial score (nSPS) is 15.8. The average Bonchev–Trinajstić information content (AvgIpc) is 2.73. The number of nitrogens with one attached hydrogen (secondary N) is 1. The van der Waals surface area contributed by atoms with Gasteiger partial charge in [0.25, 0.3) is 0 Å². The summed E-state index contributed by atoms with van der Waals surface area (Å²) < 4.78 is 32.5. The monoisotopic (exact) mass is 436 g/mol. The zero-order chi connectivity index (χ0) is 20.9. The molecule has 29 heavy (non-hydrogen) atoms. The minimum Gasteiger partial charge on any atom is -0.494 e. The van der Waals surface area contributed by atoms with Gasteiger partial charge in [0, 0.05) is 36.1 Å². The maximum atomic E-state index is 12.8. The summed E-state index contributed by atoms with van der Waals surface area (Å²) in [6.45, 7) is 3.50. The number of rotatable bonds is 7. The lowest BCUT2D eigenvalue weighted by molar-refractivity contribution is -0.126. The van der Waals surface area contributed by atoms with Crippen molar-refractivity contribution in [3.63, 3.8) is 0 Å². The second-order valence-corrected chi connectivity index (χ2v) is 9.27. The number of amides is 1. The van der Waals surface area contributed by atoms with Gasteiger partial charge in [0.15, 0.2) is 0 Å². The Morgan fingerprint density at radius 2 is 1.79 bits per heavy atom. The molecule has 0 aromatic heterocycles. The number of para-hydroxylation sites is 1. The fraction of sp³-hybridized carbons (Fsp3) is 0.381. The minimum atomic E-state index is -3.57. The minimum absolute atomic E-state index is 0.0557. The van der Waals surface area contributed by atoms with E-state index in [1.54, 1.807) is 12.1 Å². The van der Waals surface area contributed by atoms with Gasteiger partial charge in [0.2, 0.25) is 15.9 Å². The van der Waals surface area contributed by atoms with Crippen molar-refractivity contribution in [2.45, 2.75) is 31.2 Å². The molecule has 6 nitrogen and oxygen atoms in total. The second-order valence-electron chi connectivity index (χ2n) is 6.89. The van der Waals surface area contributed by atoms with Crippen LogP contribution in [0.1, 0.15) is 25.3 Å². The summed E-state index contributed by atoms with van der Waals surface area (Å²) in [5, 5.41) is 3.45. The van der Waals surface area contributed by atoms with Crippen LogP contribution in [0.15, 0.2) is 53.4 Å². The van der Waals surface area contributed by atoms with Crippen LogP contribution >= 0.6 is 11.6 Å². The van der Waals surface area contributed by atoms with Crippen LogP contribution in [0.5, 0.6) is 5.75 Å². The van der Waals surface area contributed by atoms with Gasteiger partial charge in [-0.05, 0) is 50.1 Å². The van der Waals surface area contributed by atoms with Gasteiger partial charge in [-0.25, -0.2) is 8.42 Å². The zero-order valence-electron chi connectivity index (χ0n) is 16.3. The molecule has 0 radical (unpaired) electrons. The van der Waals surface area contributed by atoms with Gasteiger partial charge in [0.05, 0.1) is 11.5 Å². The van der Waals surface area contributed by atoms with E-state index in [0.717, 1.165) is 11.3 Å². The van der Waals surface area contributed by atoms with E-state index in [1.165, 1.54) is 16.4 Å². The van der Waals surface area contributed by atoms with E-state index in [-0.39, 0.29) is 16.7 Å². The highest BCUT2D eigenvalue weighted by Crippen LogP contribution is 2.25. The predicted octanol–water partition coefficient (Wildman–Crippen LogP) is 3.46. The van der Waals surface area contributed by atoms with Gasteiger partial charge in [-0.2, -0.15) is 4.31 Å². The first kappa shape index (κ1) is 21.6. The van der Waals surface area contributed by atoms with Gasteiger partial charge < -0.3 is 10.1 Å². The molecule has 1 fully saturated rings. The van der Waals surface area contributed by atoms with Gasteiger partial charge in [-0.15, -0.1) is 0 Å². The van der Waals surface area contributed by atoms with E-state index < -0.39 is 10.0 Å². The number of ether oxygens (including phenoxy) is 1. The lowest BCUT2D eigenvalue weighted by atomic mass is 9.97. The third-order valence-corrected chi connectivity index (χ3v) is 7.17. The smallest absolute Gasteiger partial charge is 0.243 e. The summed E-state index contributed by atoms with van der Waals surface area (Å²) >= 11 is 5.84. The molecule has 1 amide bonds. The Morgan fingerprint density at radius 3 is 2.45 bits per heavy atom. The van der Waals surface area contributed by atoms with E-state index in [1.807, 2.05) is 31.2 Å². The Morgan fingerprint density at radius 1 is 1.14 bits per heavy atom. The molecule has 2 aromatic rings. The molecule has 0 aliphatic carbocycles. The summed E-state index contributed by atoms with van der Waals surface area (Å²) in [4.78, 5) is 12.8. The Kier molecular flexibility index (Phi) is 7.16. The largest absolute Gasteiger partial charge is 0.494 e. The lowest BCUT2D eigenvalue weighted by Crippen LogP contribution is -2.42. The molecule has 0 bridgehead atoms.